The van der Waals surface area contributed by atoms with Crippen molar-refractivity contribution in [2.45, 2.75) is 135 Å². The van der Waals surface area contributed by atoms with Gasteiger partial charge in [-0.2, -0.15) is 5.10 Å². The molecular weight excluding hydrogens is 1180 g/mol. The Morgan fingerprint density at radius 1 is 0.875 bits per heavy atom. The molecule has 4 aromatic heterocycles. The molecule has 8 aromatic rings. The van der Waals surface area contributed by atoms with Crippen molar-refractivity contribution < 1.29 is 41.9 Å². The standard InChI is InChI=1S/C65H70FN11O8S3/c1-38-58(86-37-68-38)44-22-18-41(19-23-44)32-67-61(81)52-31-45(78)35-76(52)63(83)59(65(3,4)5)72-56(79)27-21-40-20-25-54(50(66)30-40)88(84,85)74-62(82)57-46(48-33-69-77(39(48)2)34-42-12-7-6-8-13-42)24-26-55(71-57)75-29-28-43-14-11-15-47(49(43)36-75)60(80)73-64-70-51-16-9-10-17-53(51)87-64/h9-11,14-20,22-26,30,33,37,42,45,52,59,78H,6-8,12-13,21,27-29,31-32,34-36H2,1-5H3,(H,67,81)(H,72,79)(H,74,82)(H,70,73,80)/t45-,52+,59-/m1/s1. The van der Waals surface area contributed by atoms with Gasteiger partial charge in [-0.3, -0.25) is 34.0 Å². The summed E-state index contributed by atoms with van der Waals surface area (Å²) in [4.78, 5) is 87.5. The van der Waals surface area contributed by atoms with E-state index in [1.165, 1.54) is 28.7 Å². The minimum absolute atomic E-state index is 0.0113. The molecule has 3 aliphatic rings. The smallest absolute Gasteiger partial charge is 0.284 e. The van der Waals surface area contributed by atoms with Crippen LogP contribution in [0.2, 0.25) is 0 Å². The van der Waals surface area contributed by atoms with Gasteiger partial charge in [0, 0.05) is 67.9 Å². The highest BCUT2D eigenvalue weighted by Gasteiger charge is 2.44. The van der Waals surface area contributed by atoms with Crippen molar-refractivity contribution in [3.63, 3.8) is 0 Å². The third kappa shape index (κ3) is 13.6. The highest BCUT2D eigenvalue weighted by molar-refractivity contribution is 7.90. The molecule has 1 saturated carbocycles. The van der Waals surface area contributed by atoms with Gasteiger partial charge in [-0.1, -0.05) is 106 Å². The van der Waals surface area contributed by atoms with Gasteiger partial charge in [0.05, 0.1) is 38.6 Å². The number of likely N-dealkylation sites (tertiary alicyclic amines) is 1. The Morgan fingerprint density at radius 3 is 2.39 bits per heavy atom. The number of carbonyl (C=O) groups excluding carboxylic acids is 5. The number of benzene rings is 4. The summed E-state index contributed by atoms with van der Waals surface area (Å²) in [5, 5.41) is 24.6. The van der Waals surface area contributed by atoms with E-state index in [1.54, 1.807) is 62.0 Å². The average Bonchev–Trinajstić information content (AvgIpc) is 2.09. The van der Waals surface area contributed by atoms with Gasteiger partial charge in [-0.05, 0) is 121 Å². The fraction of sp³-hybridized carbons (Fsp3) is 0.369. The second kappa shape index (κ2) is 25.8. The molecule has 2 aliphatic heterocycles. The lowest BCUT2D eigenvalue weighted by atomic mass is 9.85. The summed E-state index contributed by atoms with van der Waals surface area (Å²) in [5.41, 5.74) is 8.38. The SMILES string of the molecule is Cc1ncsc1-c1ccc(CNC(=O)[C@@H]2C[C@@H](O)CN2C(=O)[C@@H](NC(=O)CCc2ccc(S(=O)(=O)NC(=O)c3nc(N4CCc5cccc(C(=O)Nc6nc7ccccc7s6)c5C4)ccc3-c3cnn(CC4CCCCC4)c3C)c(F)c2)C(C)(C)C)cc1. The van der Waals surface area contributed by atoms with Gasteiger partial charge < -0.3 is 25.5 Å². The number of aromatic nitrogens is 5. The molecule has 6 heterocycles. The zero-order chi connectivity index (χ0) is 62.0. The van der Waals surface area contributed by atoms with Crippen molar-refractivity contribution in [2.75, 3.05) is 23.3 Å². The number of thiazole rings is 2. The maximum Gasteiger partial charge on any atom is 0.284 e. The number of nitrogens with one attached hydrogen (secondary N) is 4. The van der Waals surface area contributed by atoms with Crippen LogP contribution in [0.25, 0.3) is 31.8 Å². The molecule has 0 unspecified atom stereocenters. The number of para-hydroxylation sites is 1. The van der Waals surface area contributed by atoms with Crippen molar-refractivity contribution >= 4 is 83.4 Å². The Morgan fingerprint density at radius 2 is 1.65 bits per heavy atom. The maximum absolute atomic E-state index is 16.2. The van der Waals surface area contributed by atoms with Gasteiger partial charge >= 0.3 is 0 Å². The molecular formula is C65H70FN11O8S3. The number of aliphatic hydroxyl groups is 1. The van der Waals surface area contributed by atoms with Crippen molar-refractivity contribution in [3.8, 4) is 21.6 Å². The van der Waals surface area contributed by atoms with Crippen LogP contribution < -0.4 is 25.6 Å². The van der Waals surface area contributed by atoms with Gasteiger partial charge in [-0.15, -0.1) is 11.3 Å². The van der Waals surface area contributed by atoms with Gasteiger partial charge in [-0.25, -0.2) is 32.5 Å². The summed E-state index contributed by atoms with van der Waals surface area (Å²) in [7, 11) is -4.90. The second-order valence-corrected chi connectivity index (χ2v) is 27.6. The van der Waals surface area contributed by atoms with Crippen LogP contribution >= 0.6 is 22.7 Å². The molecule has 88 heavy (non-hydrogen) atoms. The number of halogens is 1. The van der Waals surface area contributed by atoms with Gasteiger partial charge in [0.2, 0.25) is 17.7 Å². The number of sulfonamides is 1. The van der Waals surface area contributed by atoms with Gasteiger partial charge in [0.1, 0.15) is 34.3 Å². The summed E-state index contributed by atoms with van der Waals surface area (Å²) in [6.45, 7) is 10.6. The van der Waals surface area contributed by atoms with Crippen LogP contribution in [0.15, 0.2) is 114 Å². The summed E-state index contributed by atoms with van der Waals surface area (Å²) >= 11 is 2.92. The highest BCUT2D eigenvalue weighted by atomic mass is 32.2. The predicted molar refractivity (Wildman–Crippen MR) is 337 cm³/mol. The molecule has 19 nitrogen and oxygen atoms in total. The molecule has 11 rings (SSSR count). The van der Waals surface area contributed by atoms with Crippen LogP contribution in [0.1, 0.15) is 120 Å². The van der Waals surface area contributed by atoms with Gasteiger partial charge in [0.15, 0.2) is 5.13 Å². The van der Waals surface area contributed by atoms with E-state index in [-0.39, 0.29) is 56.1 Å². The first-order valence-electron chi connectivity index (χ1n) is 29.6. The number of pyridine rings is 1. The van der Waals surface area contributed by atoms with E-state index in [1.807, 2.05) is 84.1 Å². The van der Waals surface area contributed by atoms with Gasteiger partial charge in [0.25, 0.3) is 21.8 Å². The lowest BCUT2D eigenvalue weighted by molar-refractivity contribution is -0.144. The van der Waals surface area contributed by atoms with Crippen LogP contribution in [0.4, 0.5) is 15.3 Å². The first kappa shape index (κ1) is 61.4. The lowest BCUT2D eigenvalue weighted by Crippen LogP contribution is -2.57. The van der Waals surface area contributed by atoms with E-state index in [9.17, 15) is 37.5 Å². The van der Waals surface area contributed by atoms with E-state index in [4.69, 9.17) is 10.1 Å². The van der Waals surface area contributed by atoms with Crippen LogP contribution in [-0.4, -0.2) is 104 Å². The fourth-order valence-electron chi connectivity index (χ4n) is 12.0. The average molecular weight is 1250 g/mol. The molecule has 0 radical (unpaired) electrons. The third-order valence-electron chi connectivity index (χ3n) is 16.9. The first-order valence-corrected chi connectivity index (χ1v) is 32.8. The number of hydrogen-bond acceptors (Lipinski definition) is 15. The first-order chi connectivity index (χ1) is 42.2. The molecule has 1 aliphatic carbocycles. The number of amides is 5. The number of aliphatic hydroxyl groups excluding tert-OH is 1. The van der Waals surface area contributed by atoms with Crippen molar-refractivity contribution in [1.82, 2.24) is 45.0 Å². The van der Waals surface area contributed by atoms with E-state index in [2.05, 4.69) is 30.6 Å². The Bertz CT molecular complexity index is 4040. The Labute approximate surface area is 518 Å². The molecule has 0 spiro atoms. The molecule has 3 atom stereocenters. The number of hydrogen-bond donors (Lipinski definition) is 5. The van der Waals surface area contributed by atoms with Crippen LogP contribution in [0.3, 0.4) is 0 Å². The molecule has 0 bridgehead atoms. The number of fused-ring (bicyclic) bond motifs is 2. The van der Waals surface area contributed by atoms with Crippen molar-refractivity contribution in [3.05, 3.63) is 159 Å². The zero-order valence-electron chi connectivity index (χ0n) is 49.6. The number of rotatable bonds is 18. The molecule has 4 aromatic carbocycles. The molecule has 2 fully saturated rings. The summed E-state index contributed by atoms with van der Waals surface area (Å²) < 4.78 is 49.5. The number of aryl methyl sites for hydroxylation is 2. The van der Waals surface area contributed by atoms with E-state index in [0.29, 0.717) is 53.1 Å². The molecule has 1 saturated heterocycles. The topological polar surface area (TPSA) is 251 Å². The minimum atomic E-state index is -4.90. The van der Waals surface area contributed by atoms with Crippen LogP contribution in [-0.2, 0) is 56.9 Å². The van der Waals surface area contributed by atoms with E-state index in [0.717, 1.165) is 86.6 Å². The second-order valence-electron chi connectivity index (χ2n) is 24.1. The number of nitrogens with zero attached hydrogens (tertiary/aromatic N) is 7. The predicted octanol–water partition coefficient (Wildman–Crippen LogP) is 9.69. The highest BCUT2D eigenvalue weighted by Crippen LogP contribution is 2.35. The molecule has 23 heteroatoms. The number of carbonyl (C=O) groups is 5. The molecule has 5 amide bonds. The largest absolute Gasteiger partial charge is 0.391 e. The third-order valence-corrected chi connectivity index (χ3v) is 20.2. The summed E-state index contributed by atoms with van der Waals surface area (Å²) in [6, 6.07) is 25.7. The monoisotopic (exact) mass is 1250 g/mol. The van der Waals surface area contributed by atoms with Crippen LogP contribution in [0.5, 0.6) is 0 Å². The Hall–Kier alpha value is -8.25. The number of anilines is 2. The Balaban J connectivity index is 0.768. The van der Waals surface area contributed by atoms with E-state index < -0.39 is 68.0 Å². The summed E-state index contributed by atoms with van der Waals surface area (Å²) in [5.74, 6) is -3.37. The van der Waals surface area contributed by atoms with Crippen molar-refractivity contribution in [2.24, 2.45) is 11.3 Å². The Kier molecular flexibility index (Phi) is 18.0. The lowest BCUT2D eigenvalue weighted by Gasteiger charge is -2.35. The summed E-state index contributed by atoms with van der Waals surface area (Å²) in [6.07, 6.45) is 6.60. The quantitative estimate of drug-likeness (QED) is 0.0537. The molecule has 5 N–H and O–H groups in total. The zero-order valence-corrected chi connectivity index (χ0v) is 52.1. The van der Waals surface area contributed by atoms with E-state index >= 15 is 4.39 Å². The van der Waals surface area contributed by atoms with Crippen LogP contribution in [0, 0.1) is 31.0 Å². The number of β-amino-alcohol motifs (C(OH)–C–C–N with tert-alkyl or cyclic N) is 1. The normalized spacial score (nSPS) is 16.7. The van der Waals surface area contributed by atoms with Crippen molar-refractivity contribution in [1.29, 1.82) is 0 Å². The molecule has 458 valence electrons. The maximum atomic E-state index is 16.2. The fourth-order valence-corrected chi connectivity index (χ4v) is 14.7. The minimum Gasteiger partial charge on any atom is -0.391 e.